The highest BCUT2D eigenvalue weighted by atomic mass is 16.5. The fourth-order valence-corrected chi connectivity index (χ4v) is 1.12. The summed E-state index contributed by atoms with van der Waals surface area (Å²) in [6, 6.07) is -0.115. The average molecular weight is 215 g/mol. The second-order valence-corrected chi connectivity index (χ2v) is 3.16. The van der Waals surface area contributed by atoms with Crippen LogP contribution in [-0.4, -0.2) is 36.5 Å². The Bertz CT molecular complexity index is 277. The average Bonchev–Trinajstić information content (AvgIpc) is 2.63. The van der Waals surface area contributed by atoms with Crippen molar-refractivity contribution in [2.24, 2.45) is 5.73 Å². The fourth-order valence-electron chi connectivity index (χ4n) is 1.12. The fraction of sp³-hybridized carbons (Fsp3) is 0.778. The van der Waals surface area contributed by atoms with E-state index < -0.39 is 0 Å². The van der Waals surface area contributed by atoms with Gasteiger partial charge in [-0.15, -0.1) is 0 Å². The molecule has 2 N–H and O–H groups in total. The van der Waals surface area contributed by atoms with Gasteiger partial charge in [-0.25, -0.2) is 0 Å². The Hall–Kier alpha value is -0.980. The molecule has 15 heavy (non-hydrogen) atoms. The van der Waals surface area contributed by atoms with E-state index in [2.05, 4.69) is 10.1 Å². The Labute approximate surface area is 88.7 Å². The number of nitrogens with two attached hydrogens (primary N) is 1. The van der Waals surface area contributed by atoms with Gasteiger partial charge in [0.15, 0.2) is 5.82 Å². The molecule has 0 saturated carbocycles. The van der Waals surface area contributed by atoms with E-state index in [1.807, 2.05) is 6.92 Å². The summed E-state index contributed by atoms with van der Waals surface area (Å²) in [6.07, 6.45) is 0.521. The van der Waals surface area contributed by atoms with Crippen LogP contribution in [0, 0.1) is 0 Å². The second kappa shape index (κ2) is 6.49. The topological polar surface area (TPSA) is 83.4 Å². The molecule has 0 aliphatic carbocycles. The third-order valence-electron chi connectivity index (χ3n) is 1.76. The van der Waals surface area contributed by atoms with Gasteiger partial charge in [-0.2, -0.15) is 4.98 Å². The maximum absolute atomic E-state index is 5.74. The molecule has 0 amide bonds. The van der Waals surface area contributed by atoms with Crippen LogP contribution in [0.2, 0.25) is 0 Å². The second-order valence-electron chi connectivity index (χ2n) is 3.16. The molecular weight excluding hydrogens is 198 g/mol. The third kappa shape index (κ3) is 4.37. The summed E-state index contributed by atoms with van der Waals surface area (Å²) in [5.41, 5.74) is 5.74. The molecule has 0 fully saturated rings. The summed E-state index contributed by atoms with van der Waals surface area (Å²) in [5, 5.41) is 3.76. The van der Waals surface area contributed by atoms with Crippen molar-refractivity contribution >= 4 is 0 Å². The first kappa shape index (κ1) is 12.1. The maximum Gasteiger partial charge on any atom is 0.228 e. The first-order valence-corrected chi connectivity index (χ1v) is 4.90. The molecule has 0 bridgehead atoms. The minimum atomic E-state index is -0.115. The van der Waals surface area contributed by atoms with Crippen molar-refractivity contribution in [1.29, 1.82) is 0 Å². The maximum atomic E-state index is 5.74. The van der Waals surface area contributed by atoms with Crippen molar-refractivity contribution in [3.05, 3.63) is 11.7 Å². The molecular formula is C9H17N3O3. The number of rotatable bonds is 7. The number of nitrogens with zero attached hydrogens (tertiary/aromatic N) is 2. The normalized spacial score (nSPS) is 13.0. The largest absolute Gasteiger partial charge is 0.383 e. The van der Waals surface area contributed by atoms with Crippen LogP contribution in [0.4, 0.5) is 0 Å². The van der Waals surface area contributed by atoms with E-state index in [1.165, 1.54) is 0 Å². The lowest BCUT2D eigenvalue weighted by molar-refractivity contribution is 0.126. The lowest BCUT2D eigenvalue weighted by atomic mass is 10.2. The minimum Gasteiger partial charge on any atom is -0.383 e. The Morgan fingerprint density at radius 2 is 2.33 bits per heavy atom. The molecule has 0 aliphatic rings. The molecule has 0 spiro atoms. The van der Waals surface area contributed by atoms with Gasteiger partial charge >= 0.3 is 0 Å². The summed E-state index contributed by atoms with van der Waals surface area (Å²) in [7, 11) is 1.61. The molecule has 1 rings (SSSR count). The summed E-state index contributed by atoms with van der Waals surface area (Å²) in [6.45, 7) is 3.39. The Kier molecular flexibility index (Phi) is 5.23. The van der Waals surface area contributed by atoms with Gasteiger partial charge in [-0.3, -0.25) is 0 Å². The smallest absolute Gasteiger partial charge is 0.228 e. The minimum absolute atomic E-state index is 0.115. The van der Waals surface area contributed by atoms with E-state index in [9.17, 15) is 0 Å². The quantitative estimate of drug-likeness (QED) is 0.695. The van der Waals surface area contributed by atoms with E-state index >= 15 is 0 Å². The van der Waals surface area contributed by atoms with Crippen molar-refractivity contribution in [3.63, 3.8) is 0 Å². The molecule has 1 atom stereocenters. The number of methoxy groups -OCH3 is 1. The predicted molar refractivity (Wildman–Crippen MR) is 53.2 cm³/mol. The molecule has 0 radical (unpaired) electrons. The van der Waals surface area contributed by atoms with Crippen molar-refractivity contribution < 1.29 is 14.0 Å². The Morgan fingerprint density at radius 3 is 3.00 bits per heavy atom. The Morgan fingerprint density at radius 1 is 1.53 bits per heavy atom. The zero-order valence-corrected chi connectivity index (χ0v) is 9.10. The summed E-state index contributed by atoms with van der Waals surface area (Å²) in [5.74, 6) is 1.07. The monoisotopic (exact) mass is 215 g/mol. The van der Waals surface area contributed by atoms with Crippen LogP contribution < -0.4 is 5.73 Å². The van der Waals surface area contributed by atoms with Crippen molar-refractivity contribution in [3.8, 4) is 0 Å². The number of aromatic nitrogens is 2. The van der Waals surface area contributed by atoms with Crippen LogP contribution in [0.1, 0.15) is 18.6 Å². The molecule has 1 aromatic heterocycles. The lowest BCUT2D eigenvalue weighted by Crippen LogP contribution is -2.28. The van der Waals surface area contributed by atoms with Crippen LogP contribution in [0.5, 0.6) is 0 Å². The van der Waals surface area contributed by atoms with E-state index in [-0.39, 0.29) is 6.04 Å². The molecule has 86 valence electrons. The molecule has 0 aliphatic heterocycles. The van der Waals surface area contributed by atoms with E-state index in [0.29, 0.717) is 38.0 Å². The number of hydrogen-bond acceptors (Lipinski definition) is 6. The SMILES string of the molecule is CCOCc1noc(CC(N)COC)n1. The molecule has 6 heteroatoms. The van der Waals surface area contributed by atoms with Crippen molar-refractivity contribution in [2.45, 2.75) is 26.0 Å². The van der Waals surface area contributed by atoms with Gasteiger partial charge in [0.05, 0.1) is 6.61 Å². The highest BCUT2D eigenvalue weighted by molar-refractivity contribution is 4.87. The van der Waals surface area contributed by atoms with Crippen LogP contribution in [0.25, 0.3) is 0 Å². The zero-order chi connectivity index (χ0) is 11.1. The summed E-state index contributed by atoms with van der Waals surface area (Å²) < 4.78 is 15.1. The first-order chi connectivity index (χ1) is 7.26. The van der Waals surface area contributed by atoms with Gasteiger partial charge in [0.1, 0.15) is 6.61 Å². The van der Waals surface area contributed by atoms with Crippen molar-refractivity contribution in [2.75, 3.05) is 20.3 Å². The van der Waals surface area contributed by atoms with Gasteiger partial charge in [0.2, 0.25) is 5.89 Å². The highest BCUT2D eigenvalue weighted by Gasteiger charge is 2.10. The van der Waals surface area contributed by atoms with Gasteiger partial charge in [0.25, 0.3) is 0 Å². The van der Waals surface area contributed by atoms with E-state index in [1.54, 1.807) is 7.11 Å². The van der Waals surface area contributed by atoms with Gasteiger partial charge in [-0.1, -0.05) is 5.16 Å². The van der Waals surface area contributed by atoms with Gasteiger partial charge < -0.3 is 19.7 Å². The molecule has 0 saturated heterocycles. The predicted octanol–water partition coefficient (Wildman–Crippen LogP) is 0.122. The lowest BCUT2D eigenvalue weighted by Gasteiger charge is -2.05. The molecule has 0 aromatic carbocycles. The summed E-state index contributed by atoms with van der Waals surface area (Å²) >= 11 is 0. The van der Waals surface area contributed by atoms with Crippen LogP contribution in [-0.2, 0) is 22.5 Å². The number of hydrogen-bond donors (Lipinski definition) is 1. The van der Waals surface area contributed by atoms with E-state index in [4.69, 9.17) is 19.7 Å². The molecule has 6 nitrogen and oxygen atoms in total. The third-order valence-corrected chi connectivity index (χ3v) is 1.76. The first-order valence-electron chi connectivity index (χ1n) is 4.90. The van der Waals surface area contributed by atoms with E-state index in [0.717, 1.165) is 0 Å². The number of ether oxygens (including phenoxy) is 2. The highest BCUT2D eigenvalue weighted by Crippen LogP contribution is 2.01. The van der Waals surface area contributed by atoms with Crippen LogP contribution in [0.3, 0.4) is 0 Å². The standard InChI is InChI=1S/C9H17N3O3/c1-3-14-6-8-11-9(15-12-8)4-7(10)5-13-2/h7H,3-6,10H2,1-2H3. The Balaban J connectivity index is 2.38. The van der Waals surface area contributed by atoms with Gasteiger partial charge in [-0.05, 0) is 6.92 Å². The summed E-state index contributed by atoms with van der Waals surface area (Å²) in [4.78, 5) is 4.13. The zero-order valence-electron chi connectivity index (χ0n) is 9.10. The van der Waals surface area contributed by atoms with Crippen molar-refractivity contribution in [1.82, 2.24) is 10.1 Å². The van der Waals surface area contributed by atoms with Crippen LogP contribution in [0.15, 0.2) is 4.52 Å². The van der Waals surface area contributed by atoms with Crippen LogP contribution >= 0.6 is 0 Å². The molecule has 1 heterocycles. The van der Waals surface area contributed by atoms with Gasteiger partial charge in [0, 0.05) is 26.2 Å². The molecule has 1 unspecified atom stereocenters. The molecule has 1 aromatic rings.